The second kappa shape index (κ2) is 8.59. The molecule has 2 aromatic carbocycles. The highest BCUT2D eigenvalue weighted by atomic mass is 32.1. The van der Waals surface area contributed by atoms with Gasteiger partial charge in [0.25, 0.3) is 5.91 Å². The highest BCUT2D eigenvalue weighted by Crippen LogP contribution is 2.34. The van der Waals surface area contributed by atoms with Crippen LogP contribution in [0.1, 0.15) is 26.4 Å². The van der Waals surface area contributed by atoms with Crippen molar-refractivity contribution < 1.29 is 9.53 Å². The molecule has 0 spiro atoms. The van der Waals surface area contributed by atoms with Crippen molar-refractivity contribution in [3.05, 3.63) is 93.8 Å². The Labute approximate surface area is 180 Å². The largest absolute Gasteiger partial charge is 0.497 e. The number of nitrogens with one attached hydrogen (secondary N) is 1. The van der Waals surface area contributed by atoms with E-state index in [1.807, 2.05) is 41.8 Å². The van der Waals surface area contributed by atoms with Crippen LogP contribution in [0, 0.1) is 13.8 Å². The van der Waals surface area contributed by atoms with Crippen molar-refractivity contribution in [2.45, 2.75) is 20.4 Å². The van der Waals surface area contributed by atoms with E-state index < -0.39 is 0 Å². The second-order valence-corrected chi connectivity index (χ2v) is 8.26. The van der Waals surface area contributed by atoms with Crippen molar-refractivity contribution in [1.82, 2.24) is 4.57 Å². The van der Waals surface area contributed by atoms with Crippen molar-refractivity contribution in [2.24, 2.45) is 0 Å². The first-order valence-corrected chi connectivity index (χ1v) is 10.7. The maximum atomic E-state index is 12.9. The van der Waals surface area contributed by atoms with Gasteiger partial charge in [-0.25, -0.2) is 0 Å². The molecule has 0 aliphatic heterocycles. The first kappa shape index (κ1) is 20.0. The fourth-order valence-electron chi connectivity index (χ4n) is 3.54. The van der Waals surface area contributed by atoms with Crippen molar-refractivity contribution in [1.29, 1.82) is 0 Å². The van der Waals surface area contributed by atoms with E-state index in [0.717, 1.165) is 33.8 Å². The van der Waals surface area contributed by atoms with Crippen LogP contribution in [0.5, 0.6) is 5.75 Å². The number of ether oxygens (including phenoxy) is 1. The van der Waals surface area contributed by atoms with Gasteiger partial charge in [0.05, 0.1) is 12.0 Å². The molecule has 0 aliphatic carbocycles. The Morgan fingerprint density at radius 2 is 1.77 bits per heavy atom. The number of aromatic nitrogens is 1. The molecule has 152 valence electrons. The van der Waals surface area contributed by atoms with Gasteiger partial charge in [-0.2, -0.15) is 0 Å². The summed E-state index contributed by atoms with van der Waals surface area (Å²) in [7, 11) is 1.66. The molecule has 5 heteroatoms. The maximum absolute atomic E-state index is 12.9. The second-order valence-electron chi connectivity index (χ2n) is 7.31. The normalized spacial score (nSPS) is 10.8. The lowest BCUT2D eigenvalue weighted by Gasteiger charge is -2.14. The third-order valence-corrected chi connectivity index (χ3v) is 5.97. The van der Waals surface area contributed by atoms with Gasteiger partial charge < -0.3 is 14.6 Å². The number of hydrogen-bond acceptors (Lipinski definition) is 3. The summed E-state index contributed by atoms with van der Waals surface area (Å²) in [5.74, 6) is 1.55. The Morgan fingerprint density at radius 3 is 2.40 bits per heavy atom. The highest BCUT2D eigenvalue weighted by Gasteiger charge is 2.19. The van der Waals surface area contributed by atoms with Crippen molar-refractivity contribution in [3.63, 3.8) is 0 Å². The predicted molar refractivity (Wildman–Crippen MR) is 124 cm³/mol. The zero-order chi connectivity index (χ0) is 21.1. The van der Waals surface area contributed by atoms with Gasteiger partial charge in [-0.3, -0.25) is 4.79 Å². The van der Waals surface area contributed by atoms with E-state index in [9.17, 15) is 4.79 Å². The molecular weight excluding hydrogens is 392 g/mol. The number of carbonyl (C=O) groups is 1. The van der Waals surface area contributed by atoms with Crippen molar-refractivity contribution in [2.75, 3.05) is 12.4 Å². The van der Waals surface area contributed by atoms with Gasteiger partial charge in [0.15, 0.2) is 0 Å². The molecule has 0 saturated heterocycles. The molecule has 0 saturated carbocycles. The van der Waals surface area contributed by atoms with E-state index in [0.29, 0.717) is 11.4 Å². The number of benzene rings is 2. The molecule has 1 amide bonds. The number of methoxy groups -OCH3 is 1. The van der Waals surface area contributed by atoms with E-state index in [1.54, 1.807) is 7.11 Å². The number of rotatable bonds is 6. The van der Waals surface area contributed by atoms with Gasteiger partial charge in [0.2, 0.25) is 0 Å². The van der Waals surface area contributed by atoms with E-state index in [2.05, 4.69) is 54.2 Å². The number of nitrogens with zero attached hydrogens (tertiary/aromatic N) is 1. The Kier molecular flexibility index (Phi) is 5.72. The third-order valence-electron chi connectivity index (χ3n) is 5.10. The van der Waals surface area contributed by atoms with Gasteiger partial charge in [-0.1, -0.05) is 48.0 Å². The van der Waals surface area contributed by atoms with Gasteiger partial charge in [-0.05, 0) is 54.1 Å². The molecular formula is C25H24N2O2S. The summed E-state index contributed by atoms with van der Waals surface area (Å²) in [6.07, 6.45) is 2.10. The van der Waals surface area contributed by atoms with Crippen LogP contribution >= 0.6 is 11.3 Å². The molecule has 2 heterocycles. The van der Waals surface area contributed by atoms with Crippen LogP contribution in [0.25, 0.3) is 11.1 Å². The molecule has 4 aromatic rings. The lowest BCUT2D eigenvalue weighted by atomic mass is 10.0. The number of aryl methyl sites for hydroxylation is 2. The minimum Gasteiger partial charge on any atom is -0.497 e. The van der Waals surface area contributed by atoms with Gasteiger partial charge in [0, 0.05) is 18.3 Å². The highest BCUT2D eigenvalue weighted by molar-refractivity contribution is 7.12. The van der Waals surface area contributed by atoms with Crippen LogP contribution in [-0.4, -0.2) is 17.6 Å². The Morgan fingerprint density at radius 1 is 1.03 bits per heavy atom. The minimum absolute atomic E-state index is 0.0903. The van der Waals surface area contributed by atoms with Crippen molar-refractivity contribution in [3.8, 4) is 16.9 Å². The van der Waals surface area contributed by atoms with Crippen LogP contribution in [0.3, 0.4) is 0 Å². The number of amides is 1. The molecule has 0 fully saturated rings. The summed E-state index contributed by atoms with van der Waals surface area (Å²) in [4.78, 5) is 13.6. The molecule has 2 aromatic heterocycles. The van der Waals surface area contributed by atoms with Crippen LogP contribution < -0.4 is 10.1 Å². The zero-order valence-corrected chi connectivity index (χ0v) is 18.1. The van der Waals surface area contributed by atoms with Gasteiger partial charge >= 0.3 is 0 Å². The van der Waals surface area contributed by atoms with E-state index in [4.69, 9.17) is 4.74 Å². The summed E-state index contributed by atoms with van der Waals surface area (Å²) in [6, 6.07) is 20.1. The number of thiophene rings is 1. The average Bonchev–Trinajstić information content (AvgIpc) is 3.38. The Bertz CT molecular complexity index is 1140. The molecule has 1 N–H and O–H groups in total. The molecule has 4 rings (SSSR count). The third kappa shape index (κ3) is 4.16. The molecule has 0 unspecified atom stereocenters. The molecule has 0 bridgehead atoms. The van der Waals surface area contributed by atoms with Gasteiger partial charge in [-0.15, -0.1) is 11.3 Å². The summed E-state index contributed by atoms with van der Waals surface area (Å²) in [5.41, 5.74) is 5.60. The summed E-state index contributed by atoms with van der Waals surface area (Å²) < 4.78 is 7.37. The average molecular weight is 417 g/mol. The van der Waals surface area contributed by atoms with Crippen LogP contribution in [0.15, 0.2) is 72.2 Å². The number of anilines is 1. The molecule has 0 aliphatic rings. The predicted octanol–water partition coefficient (Wildman–Crippen LogP) is 6.14. The Hall–Kier alpha value is -3.31. The van der Waals surface area contributed by atoms with Gasteiger partial charge in [0.1, 0.15) is 11.6 Å². The summed E-state index contributed by atoms with van der Waals surface area (Å²) >= 11 is 1.44. The fraction of sp³-hybridized carbons (Fsp3) is 0.160. The number of carbonyl (C=O) groups excluding carboxylic acids is 1. The lowest BCUT2D eigenvalue weighted by Crippen LogP contribution is -2.15. The standard InChI is InChI=1S/C25H24N2O2S/c1-17-6-10-20(11-7-17)23-18(2)15-27(16-19-8-12-21(29-3)13-9-19)24(23)26-25(28)22-5-4-14-30-22/h4-15H,16H2,1-3H3,(H,26,28). The minimum atomic E-state index is -0.0903. The van der Waals surface area contributed by atoms with Crippen LogP contribution in [-0.2, 0) is 6.54 Å². The monoisotopic (exact) mass is 416 g/mol. The van der Waals surface area contributed by atoms with Crippen LogP contribution in [0.2, 0.25) is 0 Å². The fourth-order valence-corrected chi connectivity index (χ4v) is 4.16. The first-order chi connectivity index (χ1) is 14.5. The maximum Gasteiger partial charge on any atom is 0.266 e. The van der Waals surface area contributed by atoms with Crippen LogP contribution in [0.4, 0.5) is 5.82 Å². The lowest BCUT2D eigenvalue weighted by molar-refractivity contribution is 0.103. The zero-order valence-electron chi connectivity index (χ0n) is 17.3. The van der Waals surface area contributed by atoms with E-state index in [-0.39, 0.29) is 5.91 Å². The summed E-state index contributed by atoms with van der Waals surface area (Å²) in [5, 5.41) is 5.08. The topological polar surface area (TPSA) is 43.3 Å². The van der Waals surface area contributed by atoms with Crippen molar-refractivity contribution >= 4 is 23.1 Å². The SMILES string of the molecule is COc1ccc(Cn2cc(C)c(-c3ccc(C)cc3)c2NC(=O)c2cccs2)cc1. The Balaban J connectivity index is 1.75. The molecule has 30 heavy (non-hydrogen) atoms. The first-order valence-electron chi connectivity index (χ1n) is 9.79. The molecule has 0 radical (unpaired) electrons. The smallest absolute Gasteiger partial charge is 0.266 e. The van der Waals surface area contributed by atoms with E-state index >= 15 is 0 Å². The van der Waals surface area contributed by atoms with E-state index in [1.165, 1.54) is 16.9 Å². The number of hydrogen-bond donors (Lipinski definition) is 1. The summed E-state index contributed by atoms with van der Waals surface area (Å²) in [6.45, 7) is 4.81. The quantitative estimate of drug-likeness (QED) is 0.410. The molecule has 4 nitrogen and oxygen atoms in total. The molecule has 0 atom stereocenters.